The molecule has 0 aliphatic carbocycles. The first kappa shape index (κ1) is 32.3. The topological polar surface area (TPSA) is 134 Å². The number of carbonyl (C=O) groups excluding carboxylic acids is 2. The fourth-order valence-electron chi connectivity index (χ4n) is 5.32. The van der Waals surface area contributed by atoms with Crippen LogP contribution in [-0.4, -0.2) is 43.3 Å². The summed E-state index contributed by atoms with van der Waals surface area (Å²) in [4.78, 5) is 39.4. The second-order valence-electron chi connectivity index (χ2n) is 13.8. The molecule has 2 aromatic heterocycles. The number of ether oxygens (including phenoxy) is 2. The smallest absolute Gasteiger partial charge is 0.408 e. The Bertz CT molecular complexity index is 1960. The lowest BCUT2D eigenvalue weighted by molar-refractivity contribution is 0.0511. The minimum absolute atomic E-state index is 0.248. The summed E-state index contributed by atoms with van der Waals surface area (Å²) in [6, 6.07) is 25.6. The molecule has 4 N–H and O–H groups in total. The number of imidazole rings is 2. The van der Waals surface area contributed by atoms with E-state index in [0.717, 1.165) is 55.2 Å². The number of aromatic amines is 2. The van der Waals surface area contributed by atoms with Gasteiger partial charge in [0, 0.05) is 11.1 Å². The van der Waals surface area contributed by atoms with Crippen LogP contribution in [0, 0.1) is 0 Å². The maximum Gasteiger partial charge on any atom is 0.408 e. The van der Waals surface area contributed by atoms with Crippen molar-refractivity contribution in [1.82, 2.24) is 30.6 Å². The van der Waals surface area contributed by atoms with Gasteiger partial charge in [0.25, 0.3) is 0 Å². The van der Waals surface area contributed by atoms with Gasteiger partial charge < -0.3 is 30.1 Å². The molecule has 10 nitrogen and oxygen atoms in total. The quantitative estimate of drug-likeness (QED) is 0.138. The summed E-state index contributed by atoms with van der Waals surface area (Å²) in [5.74, 6) is 1.30. The zero-order valence-electron chi connectivity index (χ0n) is 28.0. The number of fused-ring (bicyclic) bond motifs is 2. The third kappa shape index (κ3) is 8.01. The largest absolute Gasteiger partial charge is 0.444 e. The lowest BCUT2D eigenvalue weighted by Crippen LogP contribution is -2.32. The van der Waals surface area contributed by atoms with E-state index >= 15 is 0 Å². The highest BCUT2D eigenvalue weighted by molar-refractivity contribution is 5.94. The van der Waals surface area contributed by atoms with Crippen LogP contribution >= 0.6 is 0 Å². The Labute approximate surface area is 279 Å². The molecule has 0 saturated carbocycles. The monoisotopic (exact) mass is 644 g/mol. The minimum Gasteiger partial charge on any atom is -0.444 e. The number of benzene rings is 4. The van der Waals surface area contributed by atoms with E-state index in [1.165, 1.54) is 0 Å². The average molecular weight is 645 g/mol. The Morgan fingerprint density at radius 3 is 1.25 bits per heavy atom. The molecule has 0 atom stereocenters. The number of hydrogen-bond acceptors (Lipinski definition) is 6. The summed E-state index contributed by atoms with van der Waals surface area (Å²) in [6.45, 7) is 11.5. The lowest BCUT2D eigenvalue weighted by atomic mass is 9.97. The molecule has 0 saturated heterocycles. The Hall–Kier alpha value is -5.64. The van der Waals surface area contributed by atoms with Crippen LogP contribution in [0.4, 0.5) is 9.59 Å². The molecule has 10 heteroatoms. The molecule has 6 aromatic rings. The summed E-state index contributed by atoms with van der Waals surface area (Å²) in [5, 5.41) is 9.96. The van der Waals surface area contributed by atoms with Crippen LogP contribution < -0.4 is 10.6 Å². The van der Waals surface area contributed by atoms with Gasteiger partial charge in [0.2, 0.25) is 0 Å². The molecule has 246 valence electrons. The zero-order chi connectivity index (χ0) is 34.1. The number of aromatic nitrogens is 4. The van der Waals surface area contributed by atoms with Crippen molar-refractivity contribution in [2.24, 2.45) is 0 Å². The fraction of sp³-hybridized carbons (Fsp3) is 0.263. The van der Waals surface area contributed by atoms with Crippen molar-refractivity contribution in [2.45, 2.75) is 65.8 Å². The minimum atomic E-state index is -0.555. The maximum absolute atomic E-state index is 12.0. The highest BCUT2D eigenvalue weighted by Gasteiger charge is 2.17. The molecule has 0 bridgehead atoms. The van der Waals surface area contributed by atoms with E-state index in [2.05, 4.69) is 103 Å². The maximum atomic E-state index is 12.0. The molecular weight excluding hydrogens is 604 g/mol. The number of carbonyl (C=O) groups is 2. The van der Waals surface area contributed by atoms with E-state index in [0.29, 0.717) is 11.6 Å². The molecule has 2 amide bonds. The van der Waals surface area contributed by atoms with Gasteiger partial charge in [-0.3, -0.25) is 0 Å². The third-order valence-corrected chi connectivity index (χ3v) is 7.49. The summed E-state index contributed by atoms with van der Waals surface area (Å²) < 4.78 is 10.6. The third-order valence-electron chi connectivity index (χ3n) is 7.49. The predicted molar refractivity (Wildman–Crippen MR) is 188 cm³/mol. The summed E-state index contributed by atoms with van der Waals surface area (Å²) in [6.07, 6.45) is 2.59. The van der Waals surface area contributed by atoms with E-state index in [1.807, 2.05) is 41.5 Å². The number of alkyl carbamates (subject to hydrolysis) is 2. The van der Waals surface area contributed by atoms with Gasteiger partial charge in [-0.05, 0) is 98.5 Å². The normalized spacial score (nSPS) is 11.9. The Balaban J connectivity index is 1.13. The molecule has 0 aliphatic rings. The van der Waals surface area contributed by atoms with Crippen molar-refractivity contribution in [2.75, 3.05) is 0 Å². The molecule has 4 aromatic carbocycles. The highest BCUT2D eigenvalue weighted by Crippen LogP contribution is 2.31. The van der Waals surface area contributed by atoms with Gasteiger partial charge in [-0.15, -0.1) is 0 Å². The van der Waals surface area contributed by atoms with Crippen molar-refractivity contribution in [1.29, 1.82) is 0 Å². The number of rotatable bonds is 7. The number of H-pyrrole nitrogens is 2. The van der Waals surface area contributed by atoms with Crippen LogP contribution in [0.1, 0.15) is 53.2 Å². The van der Waals surface area contributed by atoms with Crippen LogP contribution in [0.2, 0.25) is 0 Å². The van der Waals surface area contributed by atoms with Gasteiger partial charge in [-0.2, -0.15) is 0 Å². The van der Waals surface area contributed by atoms with Gasteiger partial charge in [-0.25, -0.2) is 19.6 Å². The molecule has 0 aliphatic heterocycles. The SMILES string of the molecule is CC(C)(C)OC(=O)NCc1ncc(-c2ccc3cc(-c4ccc5cc(-c6cnc(CNC(=O)OC(C)(C)C)[nH]6)ccc5c4)ccc3c2)[nH]1. The molecule has 48 heavy (non-hydrogen) atoms. The summed E-state index contributed by atoms with van der Waals surface area (Å²) in [7, 11) is 0. The molecular formula is C38H40N6O4. The zero-order valence-corrected chi connectivity index (χ0v) is 28.0. The van der Waals surface area contributed by atoms with Crippen molar-refractivity contribution >= 4 is 33.7 Å². The Morgan fingerprint density at radius 1 is 0.562 bits per heavy atom. The second-order valence-corrected chi connectivity index (χ2v) is 13.8. The Kier molecular flexibility index (Phi) is 8.66. The van der Waals surface area contributed by atoms with E-state index in [9.17, 15) is 9.59 Å². The molecule has 0 unspecified atom stereocenters. The highest BCUT2D eigenvalue weighted by atomic mass is 16.6. The van der Waals surface area contributed by atoms with Gasteiger partial charge in [-0.1, -0.05) is 48.5 Å². The summed E-state index contributed by atoms with van der Waals surface area (Å²) in [5.41, 5.74) is 4.93. The Morgan fingerprint density at radius 2 is 0.896 bits per heavy atom. The lowest BCUT2D eigenvalue weighted by Gasteiger charge is -2.19. The first-order valence-electron chi connectivity index (χ1n) is 15.9. The van der Waals surface area contributed by atoms with Crippen LogP contribution in [0.25, 0.3) is 55.2 Å². The van der Waals surface area contributed by atoms with E-state index in [4.69, 9.17) is 9.47 Å². The van der Waals surface area contributed by atoms with Crippen molar-refractivity contribution in [3.8, 4) is 33.6 Å². The van der Waals surface area contributed by atoms with E-state index in [-0.39, 0.29) is 13.1 Å². The van der Waals surface area contributed by atoms with Gasteiger partial charge in [0.1, 0.15) is 22.9 Å². The molecule has 0 radical (unpaired) electrons. The van der Waals surface area contributed by atoms with Crippen molar-refractivity contribution < 1.29 is 19.1 Å². The van der Waals surface area contributed by atoms with E-state index < -0.39 is 23.4 Å². The van der Waals surface area contributed by atoms with E-state index in [1.54, 1.807) is 12.4 Å². The van der Waals surface area contributed by atoms with Gasteiger partial charge in [0.15, 0.2) is 0 Å². The second kappa shape index (κ2) is 12.9. The average Bonchev–Trinajstić information content (AvgIpc) is 3.71. The number of nitrogens with zero attached hydrogens (tertiary/aromatic N) is 2. The van der Waals surface area contributed by atoms with Gasteiger partial charge >= 0.3 is 12.2 Å². The molecule has 6 rings (SSSR count). The molecule has 0 spiro atoms. The summed E-state index contributed by atoms with van der Waals surface area (Å²) >= 11 is 0. The fourth-order valence-corrected chi connectivity index (χ4v) is 5.32. The van der Waals surface area contributed by atoms with Gasteiger partial charge in [0.05, 0.1) is 36.9 Å². The van der Waals surface area contributed by atoms with Crippen LogP contribution in [0.15, 0.2) is 85.2 Å². The number of amides is 2. The molecule has 0 fully saturated rings. The van der Waals surface area contributed by atoms with Crippen molar-refractivity contribution in [3.63, 3.8) is 0 Å². The number of nitrogens with one attached hydrogen (secondary N) is 4. The standard InChI is InChI=1S/C38H40N6O4/c1-37(2,3)47-35(45)41-21-33-39-19-31(43-33)29-13-11-25-15-23(7-9-27(25)17-29)24-8-10-28-18-30(14-12-26(28)16-24)32-20-40-34(44-32)22-42-36(46)48-38(4,5)6/h7-20H,21-22H2,1-6H3,(H,39,43)(H,40,44)(H,41,45)(H,42,46). The first-order valence-corrected chi connectivity index (χ1v) is 15.9. The van der Waals surface area contributed by atoms with Crippen LogP contribution in [-0.2, 0) is 22.6 Å². The molecule has 2 heterocycles. The van der Waals surface area contributed by atoms with Crippen LogP contribution in [0.5, 0.6) is 0 Å². The predicted octanol–water partition coefficient (Wildman–Crippen LogP) is 8.49. The van der Waals surface area contributed by atoms with Crippen LogP contribution in [0.3, 0.4) is 0 Å². The first-order chi connectivity index (χ1) is 22.8. The van der Waals surface area contributed by atoms with Crippen molar-refractivity contribution in [3.05, 3.63) is 96.8 Å². The number of hydrogen-bond donors (Lipinski definition) is 4.